The van der Waals surface area contributed by atoms with Gasteiger partial charge in [0, 0.05) is 18.4 Å². The largest absolute Gasteiger partial charge is 0.393 e. The highest BCUT2D eigenvalue weighted by atomic mass is 32.1. The smallest absolute Gasteiger partial charge is 0.223 e. The monoisotopic (exact) mass is 240 g/mol. The van der Waals surface area contributed by atoms with Gasteiger partial charge >= 0.3 is 0 Å². The molecule has 3 atom stereocenters. The van der Waals surface area contributed by atoms with Crippen molar-refractivity contribution in [3.05, 3.63) is 0 Å². The lowest BCUT2D eigenvalue weighted by Crippen LogP contribution is -2.34. The number of nitrogens with two attached hydrogens (primary N) is 1. The molecule has 3 nitrogen and oxygen atoms in total. The second kappa shape index (κ2) is 4.70. The topological polar surface area (TPSA) is 55.1 Å². The summed E-state index contributed by atoms with van der Waals surface area (Å²) in [6.45, 7) is 2.53. The molecule has 0 aromatic rings. The van der Waals surface area contributed by atoms with Crippen LogP contribution in [-0.2, 0) is 4.79 Å². The SMILES string of the molecule is CC(CNC(=O)C1C2CCCCC21)C(N)=S. The lowest BCUT2D eigenvalue weighted by Gasteiger charge is -2.10. The van der Waals surface area contributed by atoms with E-state index >= 15 is 0 Å². The zero-order chi connectivity index (χ0) is 11.7. The first-order valence-electron chi connectivity index (χ1n) is 6.18. The predicted molar refractivity (Wildman–Crippen MR) is 67.9 cm³/mol. The highest BCUT2D eigenvalue weighted by Crippen LogP contribution is 2.55. The molecule has 1 amide bonds. The van der Waals surface area contributed by atoms with E-state index < -0.39 is 0 Å². The molecule has 0 saturated heterocycles. The van der Waals surface area contributed by atoms with Gasteiger partial charge < -0.3 is 11.1 Å². The maximum atomic E-state index is 11.9. The van der Waals surface area contributed by atoms with Crippen molar-refractivity contribution < 1.29 is 4.79 Å². The first-order chi connectivity index (χ1) is 7.61. The van der Waals surface area contributed by atoms with Gasteiger partial charge in [-0.25, -0.2) is 0 Å². The van der Waals surface area contributed by atoms with E-state index in [-0.39, 0.29) is 11.8 Å². The highest BCUT2D eigenvalue weighted by molar-refractivity contribution is 7.80. The minimum absolute atomic E-state index is 0.0970. The van der Waals surface area contributed by atoms with Crippen LogP contribution in [0.5, 0.6) is 0 Å². The normalized spacial score (nSPS) is 33.7. The summed E-state index contributed by atoms with van der Waals surface area (Å²) in [5.41, 5.74) is 5.51. The Morgan fingerprint density at radius 3 is 2.50 bits per heavy atom. The Balaban J connectivity index is 1.75. The molecule has 4 heteroatoms. The van der Waals surface area contributed by atoms with Crippen molar-refractivity contribution in [3.63, 3.8) is 0 Å². The van der Waals surface area contributed by atoms with Crippen molar-refractivity contribution in [2.45, 2.75) is 32.6 Å². The van der Waals surface area contributed by atoms with E-state index in [0.29, 0.717) is 29.3 Å². The van der Waals surface area contributed by atoms with Crippen LogP contribution in [-0.4, -0.2) is 17.4 Å². The fourth-order valence-corrected chi connectivity index (χ4v) is 2.94. The number of thiocarbonyl (C=S) groups is 1. The maximum Gasteiger partial charge on any atom is 0.223 e. The molecule has 0 spiro atoms. The Kier molecular flexibility index (Phi) is 3.47. The molecule has 2 saturated carbocycles. The van der Waals surface area contributed by atoms with E-state index in [0.717, 1.165) is 0 Å². The molecular formula is C12H20N2OS. The third kappa shape index (κ3) is 2.37. The Morgan fingerprint density at radius 2 is 2.00 bits per heavy atom. The number of hydrogen-bond donors (Lipinski definition) is 2. The predicted octanol–water partition coefficient (Wildman–Crippen LogP) is 1.46. The van der Waals surface area contributed by atoms with Gasteiger partial charge in [0.2, 0.25) is 5.91 Å². The minimum Gasteiger partial charge on any atom is -0.393 e. The summed E-state index contributed by atoms with van der Waals surface area (Å²) in [4.78, 5) is 12.4. The van der Waals surface area contributed by atoms with Gasteiger partial charge in [-0.3, -0.25) is 4.79 Å². The van der Waals surface area contributed by atoms with Crippen LogP contribution >= 0.6 is 12.2 Å². The highest BCUT2D eigenvalue weighted by Gasteiger charge is 2.54. The minimum atomic E-state index is 0.0970. The molecule has 0 aromatic heterocycles. The molecule has 2 rings (SSSR count). The second-order valence-corrected chi connectivity index (χ2v) is 5.66. The van der Waals surface area contributed by atoms with Crippen molar-refractivity contribution in [1.82, 2.24) is 5.32 Å². The van der Waals surface area contributed by atoms with Gasteiger partial charge in [-0.1, -0.05) is 32.0 Å². The van der Waals surface area contributed by atoms with Crippen LogP contribution in [0.15, 0.2) is 0 Å². The molecule has 2 aliphatic rings. The fraction of sp³-hybridized carbons (Fsp3) is 0.833. The third-order valence-corrected chi connectivity index (χ3v) is 4.43. The summed E-state index contributed by atoms with van der Waals surface area (Å²) in [5, 5.41) is 2.98. The van der Waals surface area contributed by atoms with Crippen LogP contribution in [0.2, 0.25) is 0 Å². The molecule has 2 aliphatic carbocycles. The van der Waals surface area contributed by atoms with Gasteiger partial charge in [-0.05, 0) is 24.7 Å². The van der Waals surface area contributed by atoms with Crippen LogP contribution in [0.4, 0.5) is 0 Å². The second-order valence-electron chi connectivity index (χ2n) is 5.19. The van der Waals surface area contributed by atoms with Crippen molar-refractivity contribution in [2.24, 2.45) is 29.4 Å². The summed E-state index contributed by atoms with van der Waals surface area (Å²) in [7, 11) is 0. The quantitative estimate of drug-likeness (QED) is 0.732. The third-order valence-electron chi connectivity index (χ3n) is 4.03. The number of amides is 1. The van der Waals surface area contributed by atoms with E-state index in [1.165, 1.54) is 25.7 Å². The molecule has 90 valence electrons. The summed E-state index contributed by atoms with van der Waals surface area (Å²) in [6.07, 6.45) is 5.09. The van der Waals surface area contributed by atoms with E-state index in [1.807, 2.05) is 6.92 Å². The molecular weight excluding hydrogens is 220 g/mol. The molecule has 0 aliphatic heterocycles. The zero-order valence-electron chi connectivity index (χ0n) is 9.74. The van der Waals surface area contributed by atoms with Crippen molar-refractivity contribution in [2.75, 3.05) is 6.54 Å². The first kappa shape index (κ1) is 11.8. The molecule has 2 fully saturated rings. The van der Waals surface area contributed by atoms with Crippen LogP contribution in [0.25, 0.3) is 0 Å². The van der Waals surface area contributed by atoms with E-state index in [4.69, 9.17) is 18.0 Å². The average Bonchev–Trinajstić information content (AvgIpc) is 2.99. The van der Waals surface area contributed by atoms with E-state index in [2.05, 4.69) is 5.32 Å². The van der Waals surface area contributed by atoms with Crippen LogP contribution in [0.3, 0.4) is 0 Å². The molecule has 0 aromatic carbocycles. The molecule has 0 radical (unpaired) electrons. The lowest BCUT2D eigenvalue weighted by molar-refractivity contribution is -0.122. The Morgan fingerprint density at radius 1 is 1.44 bits per heavy atom. The summed E-state index contributed by atoms with van der Waals surface area (Å²) >= 11 is 4.88. The number of carbonyl (C=O) groups excluding carboxylic acids is 1. The van der Waals surface area contributed by atoms with Crippen LogP contribution < -0.4 is 11.1 Å². The van der Waals surface area contributed by atoms with Gasteiger partial charge in [0.25, 0.3) is 0 Å². The Hall–Kier alpha value is -0.640. The van der Waals surface area contributed by atoms with Crippen molar-refractivity contribution in [3.8, 4) is 0 Å². The van der Waals surface area contributed by atoms with Crippen molar-refractivity contribution in [1.29, 1.82) is 0 Å². The summed E-state index contributed by atoms with van der Waals surface area (Å²) in [6, 6.07) is 0. The lowest BCUT2D eigenvalue weighted by atomic mass is 10.0. The Labute approximate surface area is 102 Å². The van der Waals surface area contributed by atoms with Gasteiger partial charge in [0.05, 0.1) is 4.99 Å². The van der Waals surface area contributed by atoms with Crippen molar-refractivity contribution >= 4 is 23.1 Å². The molecule has 0 heterocycles. The number of fused-ring (bicyclic) bond motifs is 1. The maximum absolute atomic E-state index is 11.9. The number of nitrogens with one attached hydrogen (secondary N) is 1. The van der Waals surface area contributed by atoms with Gasteiger partial charge in [0.1, 0.15) is 0 Å². The summed E-state index contributed by atoms with van der Waals surface area (Å²) < 4.78 is 0. The molecule has 3 N–H and O–H groups in total. The van der Waals surface area contributed by atoms with Crippen LogP contribution in [0.1, 0.15) is 32.6 Å². The van der Waals surface area contributed by atoms with Gasteiger partial charge in [-0.2, -0.15) is 0 Å². The first-order valence-corrected chi connectivity index (χ1v) is 6.59. The van der Waals surface area contributed by atoms with Gasteiger partial charge in [-0.15, -0.1) is 0 Å². The van der Waals surface area contributed by atoms with E-state index in [1.54, 1.807) is 0 Å². The van der Waals surface area contributed by atoms with Gasteiger partial charge in [0.15, 0.2) is 0 Å². The average molecular weight is 240 g/mol. The number of rotatable bonds is 4. The Bertz CT molecular complexity index is 293. The van der Waals surface area contributed by atoms with Crippen LogP contribution in [0, 0.1) is 23.7 Å². The fourth-order valence-electron chi connectivity index (χ4n) is 2.85. The number of carbonyl (C=O) groups is 1. The zero-order valence-corrected chi connectivity index (χ0v) is 10.6. The molecule has 3 unspecified atom stereocenters. The van der Waals surface area contributed by atoms with E-state index in [9.17, 15) is 4.79 Å². The molecule has 16 heavy (non-hydrogen) atoms. The molecule has 0 bridgehead atoms. The summed E-state index contributed by atoms with van der Waals surface area (Å²) in [5.74, 6) is 1.96. The standard InChI is InChI=1S/C12H20N2OS/c1-7(11(13)16)6-14-12(15)10-8-4-2-3-5-9(8)10/h7-10H,2-6H2,1H3,(H2,13,16)(H,14,15). The number of hydrogen-bond acceptors (Lipinski definition) is 2.